The summed E-state index contributed by atoms with van der Waals surface area (Å²) in [5.74, 6) is -0.0768. The SMILES string of the molecule is CCCc1cc(=O)[nH]c(Sc2ccc(Cl)cc2C(=N)N)n1. The molecule has 2 rings (SSSR count). The molecule has 0 fully saturated rings. The van der Waals surface area contributed by atoms with Crippen molar-refractivity contribution < 1.29 is 0 Å². The Bertz CT molecular complexity index is 729. The Morgan fingerprint density at radius 3 is 2.90 bits per heavy atom. The number of nitrogens with zero attached hydrogens (tertiary/aromatic N) is 1. The summed E-state index contributed by atoms with van der Waals surface area (Å²) in [6, 6.07) is 6.60. The van der Waals surface area contributed by atoms with Crippen LogP contribution in [0.25, 0.3) is 0 Å². The number of nitrogen functional groups attached to an aromatic ring is 1. The molecular formula is C14H15ClN4OS. The van der Waals surface area contributed by atoms with Gasteiger partial charge in [0.05, 0.1) is 0 Å². The molecule has 0 amide bonds. The highest BCUT2D eigenvalue weighted by Crippen LogP contribution is 2.29. The van der Waals surface area contributed by atoms with E-state index < -0.39 is 0 Å². The smallest absolute Gasteiger partial charge is 0.251 e. The standard InChI is InChI=1S/C14H15ClN4OS/c1-2-3-9-7-12(20)19-14(18-9)21-11-5-4-8(15)6-10(11)13(16)17/h4-7H,2-3H2,1H3,(H3,16,17)(H,18,19,20). The highest BCUT2D eigenvalue weighted by Gasteiger charge is 2.10. The van der Waals surface area contributed by atoms with E-state index in [1.165, 1.54) is 17.8 Å². The summed E-state index contributed by atoms with van der Waals surface area (Å²) in [6.07, 6.45) is 1.66. The van der Waals surface area contributed by atoms with Gasteiger partial charge in [0.2, 0.25) is 0 Å². The number of amidine groups is 1. The zero-order chi connectivity index (χ0) is 15.4. The number of aromatic nitrogens is 2. The van der Waals surface area contributed by atoms with Crippen LogP contribution in [0.5, 0.6) is 0 Å². The second-order valence-corrected chi connectivity index (χ2v) is 5.92. The second kappa shape index (κ2) is 6.78. The molecule has 0 spiro atoms. The van der Waals surface area contributed by atoms with Gasteiger partial charge in [-0.25, -0.2) is 4.98 Å². The van der Waals surface area contributed by atoms with E-state index in [0.29, 0.717) is 15.7 Å². The lowest BCUT2D eigenvalue weighted by atomic mass is 10.2. The van der Waals surface area contributed by atoms with Gasteiger partial charge in [-0.05, 0) is 24.6 Å². The summed E-state index contributed by atoms with van der Waals surface area (Å²) < 4.78 is 0. The number of nitrogens with two attached hydrogens (primary N) is 1. The van der Waals surface area contributed by atoms with Crippen LogP contribution in [0.2, 0.25) is 5.02 Å². The molecule has 0 bridgehead atoms. The summed E-state index contributed by atoms with van der Waals surface area (Å²) in [6.45, 7) is 2.03. The van der Waals surface area contributed by atoms with Crippen molar-refractivity contribution in [3.63, 3.8) is 0 Å². The molecule has 5 nitrogen and oxygen atoms in total. The number of nitrogens with one attached hydrogen (secondary N) is 2. The minimum absolute atomic E-state index is 0.0768. The molecule has 0 saturated heterocycles. The van der Waals surface area contributed by atoms with E-state index in [0.717, 1.165) is 23.4 Å². The van der Waals surface area contributed by atoms with Crippen molar-refractivity contribution in [1.82, 2.24) is 9.97 Å². The quantitative estimate of drug-likeness (QED) is 0.448. The summed E-state index contributed by atoms with van der Waals surface area (Å²) in [4.78, 5) is 19.5. The Hall–Kier alpha value is -1.79. The first kappa shape index (κ1) is 15.6. The minimum atomic E-state index is -0.186. The molecule has 21 heavy (non-hydrogen) atoms. The van der Waals surface area contributed by atoms with E-state index in [2.05, 4.69) is 9.97 Å². The second-order valence-electron chi connectivity index (χ2n) is 4.45. The maximum atomic E-state index is 11.7. The average molecular weight is 323 g/mol. The summed E-state index contributed by atoms with van der Waals surface area (Å²) in [7, 11) is 0. The Morgan fingerprint density at radius 2 is 2.24 bits per heavy atom. The van der Waals surface area contributed by atoms with Crippen LogP contribution in [0.15, 0.2) is 39.1 Å². The van der Waals surface area contributed by atoms with Crippen molar-refractivity contribution in [3.05, 3.63) is 50.9 Å². The lowest BCUT2D eigenvalue weighted by Crippen LogP contribution is -2.13. The first-order valence-electron chi connectivity index (χ1n) is 6.41. The number of aromatic amines is 1. The third-order valence-corrected chi connectivity index (χ3v) is 3.92. The normalized spacial score (nSPS) is 10.6. The van der Waals surface area contributed by atoms with Crippen molar-refractivity contribution >= 4 is 29.2 Å². The van der Waals surface area contributed by atoms with Crippen LogP contribution in [0.1, 0.15) is 24.6 Å². The van der Waals surface area contributed by atoms with Gasteiger partial charge < -0.3 is 10.7 Å². The van der Waals surface area contributed by atoms with Gasteiger partial charge in [0, 0.05) is 27.2 Å². The third kappa shape index (κ3) is 4.09. The number of rotatable bonds is 5. The third-order valence-electron chi connectivity index (χ3n) is 2.72. The number of hydrogen-bond acceptors (Lipinski definition) is 4. The Morgan fingerprint density at radius 1 is 1.48 bits per heavy atom. The minimum Gasteiger partial charge on any atom is -0.384 e. The first-order chi connectivity index (χ1) is 9.99. The van der Waals surface area contributed by atoms with Crippen LogP contribution in [0.3, 0.4) is 0 Å². The molecule has 1 aromatic heterocycles. The van der Waals surface area contributed by atoms with Crippen molar-refractivity contribution in [3.8, 4) is 0 Å². The van der Waals surface area contributed by atoms with Gasteiger partial charge in [-0.2, -0.15) is 0 Å². The lowest BCUT2D eigenvalue weighted by Gasteiger charge is -2.08. The molecule has 0 aliphatic heterocycles. The fourth-order valence-corrected chi connectivity index (χ4v) is 2.93. The van der Waals surface area contributed by atoms with Crippen molar-refractivity contribution in [2.75, 3.05) is 0 Å². The first-order valence-corrected chi connectivity index (χ1v) is 7.61. The monoisotopic (exact) mass is 322 g/mol. The predicted octanol–water partition coefficient (Wildman–Crippen LogP) is 2.81. The molecule has 0 aliphatic rings. The number of halogens is 1. The van der Waals surface area contributed by atoms with Crippen LogP contribution in [-0.4, -0.2) is 15.8 Å². The van der Waals surface area contributed by atoms with Gasteiger partial charge in [0.1, 0.15) is 5.84 Å². The molecule has 110 valence electrons. The maximum Gasteiger partial charge on any atom is 0.251 e. The number of hydrogen-bond donors (Lipinski definition) is 3. The maximum absolute atomic E-state index is 11.7. The van der Waals surface area contributed by atoms with Crippen molar-refractivity contribution in [2.45, 2.75) is 29.8 Å². The average Bonchev–Trinajstić information content (AvgIpc) is 2.40. The highest BCUT2D eigenvalue weighted by molar-refractivity contribution is 7.99. The molecule has 0 aliphatic carbocycles. The van der Waals surface area contributed by atoms with Gasteiger partial charge >= 0.3 is 0 Å². The van der Waals surface area contributed by atoms with Crippen LogP contribution in [0.4, 0.5) is 0 Å². The number of H-pyrrole nitrogens is 1. The Balaban J connectivity index is 2.38. The zero-order valence-corrected chi connectivity index (χ0v) is 13.0. The number of aryl methyl sites for hydroxylation is 1. The summed E-state index contributed by atoms with van der Waals surface area (Å²) in [5, 5.41) is 8.59. The fourth-order valence-electron chi connectivity index (χ4n) is 1.82. The topological polar surface area (TPSA) is 95.6 Å². The molecule has 7 heteroatoms. The van der Waals surface area contributed by atoms with Gasteiger partial charge in [-0.15, -0.1) is 0 Å². The van der Waals surface area contributed by atoms with Crippen LogP contribution >= 0.6 is 23.4 Å². The molecule has 0 radical (unpaired) electrons. The molecule has 0 saturated carbocycles. The predicted molar refractivity (Wildman–Crippen MR) is 85.4 cm³/mol. The lowest BCUT2D eigenvalue weighted by molar-refractivity contribution is 0.816. The van der Waals surface area contributed by atoms with E-state index >= 15 is 0 Å². The summed E-state index contributed by atoms with van der Waals surface area (Å²) in [5.41, 5.74) is 6.65. The van der Waals surface area contributed by atoms with Gasteiger partial charge in [0.25, 0.3) is 5.56 Å². The molecule has 4 N–H and O–H groups in total. The van der Waals surface area contributed by atoms with E-state index in [1.807, 2.05) is 6.92 Å². The van der Waals surface area contributed by atoms with E-state index in [9.17, 15) is 4.79 Å². The summed E-state index contributed by atoms with van der Waals surface area (Å²) >= 11 is 7.18. The molecule has 2 aromatic rings. The van der Waals surface area contributed by atoms with E-state index in [-0.39, 0.29) is 11.4 Å². The number of benzene rings is 1. The van der Waals surface area contributed by atoms with Gasteiger partial charge in [-0.1, -0.05) is 36.7 Å². The molecule has 0 atom stereocenters. The van der Waals surface area contributed by atoms with Crippen LogP contribution in [0, 0.1) is 5.41 Å². The molecule has 1 heterocycles. The van der Waals surface area contributed by atoms with Crippen LogP contribution in [-0.2, 0) is 6.42 Å². The van der Waals surface area contributed by atoms with Crippen LogP contribution < -0.4 is 11.3 Å². The molecule has 0 unspecified atom stereocenters. The largest absolute Gasteiger partial charge is 0.384 e. The molecule has 1 aromatic carbocycles. The van der Waals surface area contributed by atoms with Crippen molar-refractivity contribution in [2.24, 2.45) is 5.73 Å². The zero-order valence-electron chi connectivity index (χ0n) is 11.4. The van der Waals surface area contributed by atoms with E-state index in [1.54, 1.807) is 18.2 Å². The molecular weight excluding hydrogens is 308 g/mol. The fraction of sp³-hybridized carbons (Fsp3) is 0.214. The highest BCUT2D eigenvalue weighted by atomic mass is 35.5. The Kier molecular flexibility index (Phi) is 5.03. The van der Waals surface area contributed by atoms with Gasteiger partial charge in [-0.3, -0.25) is 10.2 Å². The van der Waals surface area contributed by atoms with Crippen molar-refractivity contribution in [1.29, 1.82) is 5.41 Å². The van der Waals surface area contributed by atoms with Gasteiger partial charge in [0.15, 0.2) is 5.16 Å². The van der Waals surface area contributed by atoms with E-state index in [4.69, 9.17) is 22.7 Å². The Labute approximate surface area is 131 Å².